The van der Waals surface area contributed by atoms with Gasteiger partial charge < -0.3 is 5.32 Å². The number of aromatic amines is 1. The molecule has 120 valence electrons. The maximum atomic E-state index is 12.4. The maximum absolute atomic E-state index is 12.4. The van der Waals surface area contributed by atoms with Gasteiger partial charge in [0.2, 0.25) is 5.91 Å². The Balaban J connectivity index is 1.40. The van der Waals surface area contributed by atoms with Gasteiger partial charge in [0.05, 0.1) is 5.69 Å². The zero-order chi connectivity index (χ0) is 16.4. The number of nitrogens with one attached hydrogen (secondary N) is 2. The summed E-state index contributed by atoms with van der Waals surface area (Å²) in [6.45, 7) is 0. The molecule has 2 N–H and O–H groups in total. The molecule has 4 nitrogen and oxygen atoms in total. The fraction of sp³-hybridized carbons (Fsp3) is 0.200. The van der Waals surface area contributed by atoms with Crippen LogP contribution in [-0.2, 0) is 11.2 Å². The number of aromatic nitrogens is 2. The van der Waals surface area contributed by atoms with Crippen LogP contribution in [0.5, 0.6) is 0 Å². The number of amides is 1. The molecule has 0 fully saturated rings. The molecule has 0 spiro atoms. The number of aryl methyl sites for hydroxylation is 1. The molecular weight excluding hydrogens is 298 g/mol. The Morgan fingerprint density at radius 1 is 1.12 bits per heavy atom. The Bertz CT molecular complexity index is 838. The molecule has 3 aromatic rings. The van der Waals surface area contributed by atoms with E-state index < -0.39 is 0 Å². The third kappa shape index (κ3) is 2.95. The number of fused-ring (bicyclic) bond motifs is 1. The van der Waals surface area contributed by atoms with Crippen LogP contribution in [0.15, 0.2) is 60.8 Å². The van der Waals surface area contributed by atoms with Crippen LogP contribution in [0.25, 0.3) is 11.3 Å². The van der Waals surface area contributed by atoms with Gasteiger partial charge in [0.25, 0.3) is 0 Å². The number of anilines is 1. The predicted octanol–water partition coefficient (Wildman–Crippen LogP) is 4.14. The molecule has 2 aromatic carbocycles. The van der Waals surface area contributed by atoms with Crippen LogP contribution < -0.4 is 5.32 Å². The highest BCUT2D eigenvalue weighted by Crippen LogP contribution is 2.35. The molecule has 1 amide bonds. The molecule has 0 radical (unpaired) electrons. The Hall–Kier alpha value is -2.88. The molecule has 1 heterocycles. The first-order chi connectivity index (χ1) is 11.8. The summed E-state index contributed by atoms with van der Waals surface area (Å²) < 4.78 is 0. The molecule has 1 unspecified atom stereocenters. The number of benzene rings is 2. The van der Waals surface area contributed by atoms with Crippen LogP contribution in [0.2, 0.25) is 0 Å². The minimum absolute atomic E-state index is 0.0750. The second-order valence-corrected chi connectivity index (χ2v) is 6.23. The topological polar surface area (TPSA) is 57.8 Å². The first-order valence-corrected chi connectivity index (χ1v) is 8.27. The van der Waals surface area contributed by atoms with Crippen molar-refractivity contribution in [2.45, 2.75) is 25.2 Å². The lowest BCUT2D eigenvalue weighted by atomic mass is 9.97. The van der Waals surface area contributed by atoms with Crippen LogP contribution in [0.1, 0.15) is 29.9 Å². The molecule has 1 aliphatic rings. The number of hydrogen-bond acceptors (Lipinski definition) is 2. The molecular formula is C20H19N3O. The van der Waals surface area contributed by atoms with Crippen molar-refractivity contribution >= 4 is 11.6 Å². The fourth-order valence-corrected chi connectivity index (χ4v) is 3.44. The van der Waals surface area contributed by atoms with Gasteiger partial charge in [-0.25, -0.2) is 0 Å². The van der Waals surface area contributed by atoms with E-state index in [2.05, 4.69) is 39.8 Å². The van der Waals surface area contributed by atoms with Crippen molar-refractivity contribution in [2.75, 3.05) is 5.32 Å². The summed E-state index contributed by atoms with van der Waals surface area (Å²) in [4.78, 5) is 12.4. The van der Waals surface area contributed by atoms with Crippen molar-refractivity contribution in [2.24, 2.45) is 0 Å². The van der Waals surface area contributed by atoms with E-state index in [-0.39, 0.29) is 5.91 Å². The molecule has 1 aromatic heterocycles. The number of rotatable bonds is 4. The van der Waals surface area contributed by atoms with E-state index in [0.717, 1.165) is 29.8 Å². The van der Waals surface area contributed by atoms with Gasteiger partial charge in [-0.2, -0.15) is 5.10 Å². The highest BCUT2D eigenvalue weighted by atomic mass is 16.1. The van der Waals surface area contributed by atoms with Gasteiger partial charge in [-0.1, -0.05) is 36.4 Å². The van der Waals surface area contributed by atoms with E-state index in [4.69, 9.17) is 0 Å². The van der Waals surface area contributed by atoms with Crippen molar-refractivity contribution in [3.05, 3.63) is 71.9 Å². The highest BCUT2D eigenvalue weighted by Gasteiger charge is 2.24. The average molecular weight is 317 g/mol. The monoisotopic (exact) mass is 317 g/mol. The van der Waals surface area contributed by atoms with E-state index >= 15 is 0 Å². The SMILES string of the molecule is O=C(CC1CCc2ccccc21)Nc1ccc(-c2ccn[nH]2)cc1. The van der Waals surface area contributed by atoms with Gasteiger partial charge in [0, 0.05) is 18.3 Å². The molecule has 24 heavy (non-hydrogen) atoms. The van der Waals surface area contributed by atoms with Crippen molar-refractivity contribution in [3.63, 3.8) is 0 Å². The second-order valence-electron chi connectivity index (χ2n) is 6.23. The van der Waals surface area contributed by atoms with Crippen LogP contribution in [0.4, 0.5) is 5.69 Å². The van der Waals surface area contributed by atoms with Crippen molar-refractivity contribution in [1.29, 1.82) is 0 Å². The van der Waals surface area contributed by atoms with Crippen LogP contribution in [0, 0.1) is 0 Å². The number of carbonyl (C=O) groups is 1. The zero-order valence-corrected chi connectivity index (χ0v) is 13.3. The summed E-state index contributed by atoms with van der Waals surface area (Å²) >= 11 is 0. The van der Waals surface area contributed by atoms with E-state index in [9.17, 15) is 4.79 Å². The summed E-state index contributed by atoms with van der Waals surface area (Å²) in [6.07, 6.45) is 4.41. The first-order valence-electron chi connectivity index (χ1n) is 8.27. The average Bonchev–Trinajstić information content (AvgIpc) is 3.26. The van der Waals surface area contributed by atoms with E-state index in [1.54, 1.807) is 6.20 Å². The van der Waals surface area contributed by atoms with Crippen molar-refractivity contribution in [3.8, 4) is 11.3 Å². The molecule has 4 heteroatoms. The Labute approximate surface area is 140 Å². The number of hydrogen-bond donors (Lipinski definition) is 2. The lowest BCUT2D eigenvalue weighted by molar-refractivity contribution is -0.116. The van der Waals surface area contributed by atoms with E-state index in [1.165, 1.54) is 11.1 Å². The molecule has 0 aliphatic heterocycles. The van der Waals surface area contributed by atoms with E-state index in [1.807, 2.05) is 30.3 Å². The highest BCUT2D eigenvalue weighted by molar-refractivity contribution is 5.91. The molecule has 4 rings (SSSR count). The van der Waals surface area contributed by atoms with Crippen LogP contribution in [0.3, 0.4) is 0 Å². The largest absolute Gasteiger partial charge is 0.326 e. The quantitative estimate of drug-likeness (QED) is 0.760. The summed E-state index contributed by atoms with van der Waals surface area (Å²) in [7, 11) is 0. The lowest BCUT2D eigenvalue weighted by Crippen LogP contribution is -2.14. The number of nitrogens with zero attached hydrogens (tertiary/aromatic N) is 1. The Kier molecular flexibility index (Phi) is 3.87. The standard InChI is InChI=1S/C20H19N3O/c24-20(13-16-6-5-14-3-1-2-4-18(14)16)22-17-9-7-15(8-10-17)19-11-12-21-23-19/h1-4,7-12,16H,5-6,13H2,(H,21,23)(H,22,24). The van der Waals surface area contributed by atoms with Crippen molar-refractivity contribution in [1.82, 2.24) is 10.2 Å². The van der Waals surface area contributed by atoms with E-state index in [0.29, 0.717) is 12.3 Å². The number of H-pyrrole nitrogens is 1. The molecule has 0 saturated carbocycles. The van der Waals surface area contributed by atoms with Crippen LogP contribution >= 0.6 is 0 Å². The first kappa shape index (κ1) is 14.7. The molecule has 1 atom stereocenters. The van der Waals surface area contributed by atoms with Crippen LogP contribution in [-0.4, -0.2) is 16.1 Å². The normalized spacial score (nSPS) is 15.9. The number of carbonyl (C=O) groups excluding carboxylic acids is 1. The molecule has 1 aliphatic carbocycles. The van der Waals surface area contributed by atoms with Gasteiger partial charge in [0.15, 0.2) is 0 Å². The minimum atomic E-state index is 0.0750. The Morgan fingerprint density at radius 3 is 2.75 bits per heavy atom. The summed E-state index contributed by atoms with van der Waals surface area (Å²) in [6, 6.07) is 18.2. The fourth-order valence-electron chi connectivity index (χ4n) is 3.44. The van der Waals surface area contributed by atoms with Crippen molar-refractivity contribution < 1.29 is 4.79 Å². The molecule has 0 bridgehead atoms. The van der Waals surface area contributed by atoms with Gasteiger partial charge in [-0.05, 0) is 53.6 Å². The minimum Gasteiger partial charge on any atom is -0.326 e. The smallest absolute Gasteiger partial charge is 0.224 e. The third-order valence-corrected chi connectivity index (χ3v) is 4.67. The predicted molar refractivity (Wildman–Crippen MR) is 94.8 cm³/mol. The summed E-state index contributed by atoms with van der Waals surface area (Å²) in [5.41, 5.74) is 5.57. The maximum Gasteiger partial charge on any atom is 0.224 e. The zero-order valence-electron chi connectivity index (χ0n) is 13.3. The van der Waals surface area contributed by atoms with Gasteiger partial charge >= 0.3 is 0 Å². The second kappa shape index (κ2) is 6.32. The summed E-state index contributed by atoms with van der Waals surface area (Å²) in [5.74, 6) is 0.413. The van der Waals surface area contributed by atoms with Gasteiger partial charge in [0.1, 0.15) is 0 Å². The van der Waals surface area contributed by atoms with Gasteiger partial charge in [-0.15, -0.1) is 0 Å². The Morgan fingerprint density at radius 2 is 1.96 bits per heavy atom. The third-order valence-electron chi connectivity index (χ3n) is 4.67. The molecule has 0 saturated heterocycles. The van der Waals surface area contributed by atoms with Gasteiger partial charge in [-0.3, -0.25) is 9.89 Å². The lowest BCUT2D eigenvalue weighted by Gasteiger charge is -2.12. The summed E-state index contributed by atoms with van der Waals surface area (Å²) in [5, 5.41) is 9.89.